The first-order chi connectivity index (χ1) is 15.1. The van der Waals surface area contributed by atoms with Crippen molar-refractivity contribution in [3.63, 3.8) is 0 Å². The molecule has 1 aromatic carbocycles. The van der Waals surface area contributed by atoms with Crippen LogP contribution in [0, 0.1) is 13.8 Å². The molecular formula is C24H33N5OS. The Balaban J connectivity index is 1.29. The number of aryl methyl sites for hydroxylation is 2. The van der Waals surface area contributed by atoms with Gasteiger partial charge in [-0.2, -0.15) is 0 Å². The van der Waals surface area contributed by atoms with Crippen LogP contribution in [0.25, 0.3) is 0 Å². The van der Waals surface area contributed by atoms with Crippen molar-refractivity contribution in [2.45, 2.75) is 57.1 Å². The van der Waals surface area contributed by atoms with Crippen molar-refractivity contribution in [1.82, 2.24) is 15.3 Å². The zero-order valence-corrected chi connectivity index (χ0v) is 19.5. The van der Waals surface area contributed by atoms with Crippen LogP contribution in [0.15, 0.2) is 35.6 Å². The van der Waals surface area contributed by atoms with Crippen molar-refractivity contribution in [2.75, 3.05) is 41.7 Å². The lowest BCUT2D eigenvalue weighted by Gasteiger charge is -2.37. The van der Waals surface area contributed by atoms with Crippen molar-refractivity contribution in [3.8, 4) is 0 Å². The van der Waals surface area contributed by atoms with Gasteiger partial charge in [0.15, 0.2) is 5.16 Å². The summed E-state index contributed by atoms with van der Waals surface area (Å²) in [6, 6.07) is 8.98. The van der Waals surface area contributed by atoms with Gasteiger partial charge in [-0.1, -0.05) is 43.2 Å². The van der Waals surface area contributed by atoms with Crippen LogP contribution in [0.3, 0.4) is 0 Å². The molecule has 0 spiro atoms. The number of nitrogens with zero attached hydrogens (tertiary/aromatic N) is 4. The molecule has 1 saturated heterocycles. The summed E-state index contributed by atoms with van der Waals surface area (Å²) in [5, 5.41) is 3.84. The van der Waals surface area contributed by atoms with Crippen molar-refractivity contribution >= 4 is 29.2 Å². The van der Waals surface area contributed by atoms with E-state index in [-0.39, 0.29) is 5.91 Å². The van der Waals surface area contributed by atoms with Crippen LogP contribution in [0.2, 0.25) is 0 Å². The van der Waals surface area contributed by atoms with E-state index in [4.69, 9.17) is 4.98 Å². The zero-order valence-electron chi connectivity index (χ0n) is 18.6. The summed E-state index contributed by atoms with van der Waals surface area (Å²) in [7, 11) is 0. The summed E-state index contributed by atoms with van der Waals surface area (Å²) in [5.41, 5.74) is 3.96. The topological polar surface area (TPSA) is 61.4 Å². The lowest BCUT2D eigenvalue weighted by Crippen LogP contribution is -2.47. The van der Waals surface area contributed by atoms with Gasteiger partial charge < -0.3 is 15.1 Å². The van der Waals surface area contributed by atoms with Gasteiger partial charge in [0.25, 0.3) is 0 Å². The van der Waals surface area contributed by atoms with E-state index in [2.05, 4.69) is 52.1 Å². The quantitative estimate of drug-likeness (QED) is 0.543. The van der Waals surface area contributed by atoms with E-state index in [0.29, 0.717) is 17.0 Å². The third kappa shape index (κ3) is 5.91. The van der Waals surface area contributed by atoms with Crippen molar-refractivity contribution in [3.05, 3.63) is 41.6 Å². The molecule has 0 atom stereocenters. The highest BCUT2D eigenvalue weighted by atomic mass is 32.2. The molecule has 1 amide bonds. The Hall–Kier alpha value is -2.28. The fourth-order valence-electron chi connectivity index (χ4n) is 4.46. The summed E-state index contributed by atoms with van der Waals surface area (Å²) < 4.78 is 0. The van der Waals surface area contributed by atoms with Crippen LogP contribution >= 0.6 is 11.8 Å². The van der Waals surface area contributed by atoms with E-state index >= 15 is 0 Å². The maximum absolute atomic E-state index is 12.3. The Labute approximate surface area is 189 Å². The zero-order chi connectivity index (χ0) is 21.6. The Kier molecular flexibility index (Phi) is 7.33. The van der Waals surface area contributed by atoms with Crippen LogP contribution < -0.4 is 15.1 Å². The third-order valence-electron chi connectivity index (χ3n) is 6.23. The lowest BCUT2D eigenvalue weighted by atomic mass is 9.95. The average molecular weight is 440 g/mol. The molecule has 1 aliphatic heterocycles. The molecule has 1 aliphatic carbocycles. The number of nitrogens with one attached hydrogen (secondary N) is 1. The fraction of sp³-hybridized carbons (Fsp3) is 0.542. The van der Waals surface area contributed by atoms with Gasteiger partial charge in [0.05, 0.1) is 5.75 Å². The van der Waals surface area contributed by atoms with Crippen LogP contribution in [0.4, 0.5) is 11.5 Å². The molecule has 0 radical (unpaired) electrons. The number of anilines is 2. The maximum Gasteiger partial charge on any atom is 0.230 e. The standard InChI is InChI=1S/C24H33N5OS/c1-18-8-9-19(2)21(16-18)28-12-14-29(15-13-28)22-10-11-25-24(27-22)31-17-23(30)26-20-6-4-3-5-7-20/h8-11,16,20H,3-7,12-15,17H2,1-2H3,(H,26,30). The maximum atomic E-state index is 12.3. The molecule has 7 heteroatoms. The number of hydrogen-bond acceptors (Lipinski definition) is 6. The first-order valence-corrected chi connectivity index (χ1v) is 12.4. The molecule has 6 nitrogen and oxygen atoms in total. The van der Waals surface area contributed by atoms with Gasteiger partial charge >= 0.3 is 0 Å². The minimum atomic E-state index is 0.0908. The van der Waals surface area contributed by atoms with Gasteiger partial charge in [-0.3, -0.25) is 4.79 Å². The smallest absolute Gasteiger partial charge is 0.230 e. The molecule has 2 aromatic rings. The molecule has 2 aliphatic rings. The number of carbonyl (C=O) groups excluding carboxylic acids is 1. The second-order valence-electron chi connectivity index (χ2n) is 8.65. The van der Waals surface area contributed by atoms with Gasteiger partial charge in [0.1, 0.15) is 5.82 Å². The summed E-state index contributed by atoms with van der Waals surface area (Å²) in [5.74, 6) is 1.42. The molecule has 1 N–H and O–H groups in total. The number of amides is 1. The molecular weight excluding hydrogens is 406 g/mol. The number of hydrogen-bond donors (Lipinski definition) is 1. The molecule has 166 valence electrons. The van der Waals surface area contributed by atoms with Crippen molar-refractivity contribution < 1.29 is 4.79 Å². The van der Waals surface area contributed by atoms with Gasteiger partial charge in [0.2, 0.25) is 5.91 Å². The minimum Gasteiger partial charge on any atom is -0.368 e. The van der Waals surface area contributed by atoms with E-state index in [1.54, 1.807) is 6.20 Å². The van der Waals surface area contributed by atoms with Gasteiger partial charge in [0, 0.05) is 44.1 Å². The number of thioether (sulfide) groups is 1. The Morgan fingerprint density at radius 2 is 1.81 bits per heavy atom. The van der Waals surface area contributed by atoms with Crippen molar-refractivity contribution in [2.24, 2.45) is 0 Å². The monoisotopic (exact) mass is 439 g/mol. The van der Waals surface area contributed by atoms with Gasteiger partial charge in [-0.25, -0.2) is 9.97 Å². The highest BCUT2D eigenvalue weighted by Crippen LogP contribution is 2.25. The molecule has 2 heterocycles. The molecule has 0 unspecified atom stereocenters. The average Bonchev–Trinajstić information content (AvgIpc) is 2.80. The molecule has 1 saturated carbocycles. The highest BCUT2D eigenvalue weighted by Gasteiger charge is 2.20. The largest absolute Gasteiger partial charge is 0.368 e. The van der Waals surface area contributed by atoms with E-state index in [1.165, 1.54) is 47.8 Å². The summed E-state index contributed by atoms with van der Waals surface area (Å²) in [6.45, 7) is 8.13. The third-order valence-corrected chi connectivity index (χ3v) is 7.09. The summed E-state index contributed by atoms with van der Waals surface area (Å²) in [4.78, 5) is 26.2. The normalized spacial score (nSPS) is 17.6. The van der Waals surface area contributed by atoms with Crippen LogP contribution in [0.1, 0.15) is 43.2 Å². The highest BCUT2D eigenvalue weighted by molar-refractivity contribution is 7.99. The minimum absolute atomic E-state index is 0.0908. The van der Waals surface area contributed by atoms with Gasteiger partial charge in [-0.05, 0) is 49.9 Å². The van der Waals surface area contributed by atoms with E-state index < -0.39 is 0 Å². The lowest BCUT2D eigenvalue weighted by molar-refractivity contribution is -0.119. The number of piperazine rings is 1. The van der Waals surface area contributed by atoms with Gasteiger partial charge in [-0.15, -0.1) is 0 Å². The molecule has 4 rings (SSSR count). The number of carbonyl (C=O) groups is 1. The molecule has 0 bridgehead atoms. The fourth-order valence-corrected chi connectivity index (χ4v) is 5.10. The number of benzene rings is 1. The molecule has 31 heavy (non-hydrogen) atoms. The summed E-state index contributed by atoms with van der Waals surface area (Å²) in [6.07, 6.45) is 7.76. The SMILES string of the molecule is Cc1ccc(C)c(N2CCN(c3ccnc(SCC(=O)NC4CCCCC4)n3)CC2)c1. The Bertz CT molecular complexity index is 891. The second-order valence-corrected chi connectivity index (χ2v) is 9.60. The van der Waals surface area contributed by atoms with Crippen LogP contribution in [-0.4, -0.2) is 53.8 Å². The predicted octanol–water partition coefficient (Wildman–Crippen LogP) is 3.96. The molecule has 1 aromatic heterocycles. The second kappa shape index (κ2) is 10.4. The number of aromatic nitrogens is 2. The van der Waals surface area contributed by atoms with E-state index in [1.807, 2.05) is 6.07 Å². The Morgan fingerprint density at radius 1 is 1.06 bits per heavy atom. The Morgan fingerprint density at radius 3 is 2.58 bits per heavy atom. The van der Waals surface area contributed by atoms with E-state index in [0.717, 1.165) is 44.8 Å². The first-order valence-electron chi connectivity index (χ1n) is 11.4. The van der Waals surface area contributed by atoms with Crippen molar-refractivity contribution in [1.29, 1.82) is 0 Å². The number of rotatable bonds is 6. The van der Waals surface area contributed by atoms with E-state index in [9.17, 15) is 4.79 Å². The predicted molar refractivity (Wildman–Crippen MR) is 128 cm³/mol. The van der Waals surface area contributed by atoms with Crippen LogP contribution in [0.5, 0.6) is 0 Å². The summed E-state index contributed by atoms with van der Waals surface area (Å²) >= 11 is 1.42. The first kappa shape index (κ1) is 21.9. The molecule has 2 fully saturated rings. The van der Waals surface area contributed by atoms with Crippen LogP contribution in [-0.2, 0) is 4.79 Å².